The van der Waals surface area contributed by atoms with E-state index in [0.29, 0.717) is 0 Å². The Labute approximate surface area is 108 Å². The van der Waals surface area contributed by atoms with E-state index < -0.39 is 14.6 Å². The summed E-state index contributed by atoms with van der Waals surface area (Å²) in [6.45, 7) is 6.36. The molecule has 0 aliphatic heterocycles. The molecule has 0 saturated heterocycles. The summed E-state index contributed by atoms with van der Waals surface area (Å²) in [6.07, 6.45) is 2.06. The number of hydrogen-bond acceptors (Lipinski definition) is 4. The molecule has 1 aromatic rings. The van der Waals surface area contributed by atoms with Crippen LogP contribution in [0.1, 0.15) is 26.3 Å². The number of sulfone groups is 1. The highest BCUT2D eigenvalue weighted by atomic mass is 32.2. The molecular weight excluding hydrogens is 254 g/mol. The van der Waals surface area contributed by atoms with Crippen molar-refractivity contribution in [1.29, 1.82) is 0 Å². The zero-order chi connectivity index (χ0) is 13.1. The van der Waals surface area contributed by atoms with Gasteiger partial charge < -0.3 is 5.32 Å². The molecule has 0 bridgehead atoms. The minimum Gasteiger partial charge on any atom is -0.312 e. The second-order valence-corrected chi connectivity index (χ2v) is 8.20. The van der Waals surface area contributed by atoms with Crippen LogP contribution in [-0.2, 0) is 16.3 Å². The average molecular weight is 275 g/mol. The molecular formula is C12H21NO2S2. The van der Waals surface area contributed by atoms with Crippen LogP contribution in [-0.4, -0.2) is 32.0 Å². The Morgan fingerprint density at radius 2 is 2.12 bits per heavy atom. The van der Waals surface area contributed by atoms with Gasteiger partial charge in [-0.05, 0) is 49.2 Å². The summed E-state index contributed by atoms with van der Waals surface area (Å²) in [5.74, 6) is 0. The van der Waals surface area contributed by atoms with Crippen molar-refractivity contribution < 1.29 is 8.42 Å². The Kier molecular flexibility index (Phi) is 4.75. The Morgan fingerprint density at radius 3 is 2.53 bits per heavy atom. The van der Waals surface area contributed by atoms with Crippen molar-refractivity contribution in [3.63, 3.8) is 0 Å². The quantitative estimate of drug-likeness (QED) is 0.865. The minimum absolute atomic E-state index is 0.0582. The first-order valence-corrected chi connectivity index (χ1v) is 8.56. The van der Waals surface area contributed by atoms with Crippen molar-refractivity contribution in [1.82, 2.24) is 5.32 Å². The summed E-state index contributed by atoms with van der Waals surface area (Å²) in [7, 11) is -3.09. The smallest absolute Gasteiger partial charge is 0.154 e. The van der Waals surface area contributed by atoms with Crippen molar-refractivity contribution in [2.24, 2.45) is 0 Å². The molecule has 0 amide bonds. The van der Waals surface area contributed by atoms with E-state index >= 15 is 0 Å². The molecule has 17 heavy (non-hydrogen) atoms. The van der Waals surface area contributed by atoms with Crippen molar-refractivity contribution in [2.75, 3.05) is 12.8 Å². The van der Waals surface area contributed by atoms with Crippen LogP contribution in [0.2, 0.25) is 0 Å². The maximum atomic E-state index is 11.9. The van der Waals surface area contributed by atoms with Gasteiger partial charge in [-0.15, -0.1) is 0 Å². The lowest BCUT2D eigenvalue weighted by Crippen LogP contribution is -2.52. The molecule has 0 aliphatic carbocycles. The lowest BCUT2D eigenvalue weighted by atomic mass is 9.97. The van der Waals surface area contributed by atoms with Crippen molar-refractivity contribution in [2.45, 2.75) is 38.0 Å². The monoisotopic (exact) mass is 275 g/mol. The molecule has 1 aromatic heterocycles. The Balaban J connectivity index is 2.93. The molecule has 0 aromatic carbocycles. The van der Waals surface area contributed by atoms with E-state index in [2.05, 4.69) is 10.7 Å². The van der Waals surface area contributed by atoms with Crippen LogP contribution in [0.4, 0.5) is 0 Å². The molecule has 98 valence electrons. The number of rotatable bonds is 6. The third kappa shape index (κ3) is 3.53. The summed E-state index contributed by atoms with van der Waals surface area (Å²) in [6, 6.07) is 1.99. The van der Waals surface area contributed by atoms with Crippen LogP contribution in [0.25, 0.3) is 0 Å². The van der Waals surface area contributed by atoms with Crippen molar-refractivity contribution >= 4 is 21.2 Å². The molecule has 3 nitrogen and oxygen atoms in total. The highest BCUT2D eigenvalue weighted by Crippen LogP contribution is 2.23. The molecule has 0 saturated carbocycles. The van der Waals surface area contributed by atoms with Crippen molar-refractivity contribution in [3.8, 4) is 0 Å². The van der Waals surface area contributed by atoms with Gasteiger partial charge in [-0.2, -0.15) is 11.3 Å². The number of nitrogens with one attached hydrogen (secondary N) is 1. The van der Waals surface area contributed by atoms with Gasteiger partial charge in [0, 0.05) is 12.3 Å². The minimum atomic E-state index is -3.09. The van der Waals surface area contributed by atoms with E-state index in [1.165, 1.54) is 11.8 Å². The standard InChI is InChI=1S/C12H21NO2S2/c1-5-13-11(8-10-6-7-16-9-10)12(2,3)17(4,14)15/h6-7,9,11,13H,5,8H2,1-4H3. The fourth-order valence-corrected chi connectivity index (χ4v) is 3.08. The van der Waals surface area contributed by atoms with E-state index in [9.17, 15) is 8.42 Å². The fraction of sp³-hybridized carbons (Fsp3) is 0.667. The van der Waals surface area contributed by atoms with Gasteiger partial charge >= 0.3 is 0 Å². The molecule has 0 spiro atoms. The van der Waals surface area contributed by atoms with Gasteiger partial charge in [-0.1, -0.05) is 6.92 Å². The fourth-order valence-electron chi connectivity index (χ4n) is 1.71. The SMILES string of the molecule is CCNC(Cc1ccsc1)C(C)(C)S(C)(=O)=O. The molecule has 0 fully saturated rings. The summed E-state index contributed by atoms with van der Waals surface area (Å²) < 4.78 is 23.0. The summed E-state index contributed by atoms with van der Waals surface area (Å²) in [5.41, 5.74) is 1.19. The maximum Gasteiger partial charge on any atom is 0.154 e. The Morgan fingerprint density at radius 1 is 1.47 bits per heavy atom. The predicted molar refractivity (Wildman–Crippen MR) is 74.4 cm³/mol. The second kappa shape index (κ2) is 5.50. The lowest BCUT2D eigenvalue weighted by Gasteiger charge is -2.33. The van der Waals surface area contributed by atoms with E-state index in [1.807, 2.05) is 18.4 Å². The topological polar surface area (TPSA) is 46.2 Å². The second-order valence-electron chi connectivity index (χ2n) is 4.82. The van der Waals surface area contributed by atoms with E-state index in [0.717, 1.165) is 13.0 Å². The Bertz CT molecular complexity index is 435. The first kappa shape index (κ1) is 14.7. The molecule has 1 heterocycles. The predicted octanol–water partition coefficient (Wildman–Crippen LogP) is 2.09. The van der Waals surface area contributed by atoms with Crippen LogP contribution < -0.4 is 5.32 Å². The molecule has 1 unspecified atom stereocenters. The van der Waals surface area contributed by atoms with Gasteiger partial charge in [0.1, 0.15) is 0 Å². The largest absolute Gasteiger partial charge is 0.312 e. The van der Waals surface area contributed by atoms with Gasteiger partial charge in [0.15, 0.2) is 9.84 Å². The number of thiophene rings is 1. The number of likely N-dealkylation sites (N-methyl/N-ethyl adjacent to an activating group) is 1. The first-order valence-electron chi connectivity index (χ1n) is 5.73. The van der Waals surface area contributed by atoms with Gasteiger partial charge in [-0.3, -0.25) is 0 Å². The van der Waals surface area contributed by atoms with Crippen LogP contribution in [0, 0.1) is 0 Å². The van der Waals surface area contributed by atoms with Crippen molar-refractivity contribution in [3.05, 3.63) is 22.4 Å². The third-order valence-corrected chi connectivity index (χ3v) is 6.19. The molecule has 1 atom stereocenters. The highest BCUT2D eigenvalue weighted by molar-refractivity contribution is 7.92. The molecule has 1 N–H and O–H groups in total. The van der Waals surface area contributed by atoms with E-state index in [1.54, 1.807) is 25.2 Å². The molecule has 1 rings (SSSR count). The maximum absolute atomic E-state index is 11.9. The van der Waals surface area contributed by atoms with Gasteiger partial charge in [0.25, 0.3) is 0 Å². The molecule has 5 heteroatoms. The Hall–Kier alpha value is -0.390. The van der Waals surface area contributed by atoms with Gasteiger partial charge in [-0.25, -0.2) is 8.42 Å². The highest BCUT2D eigenvalue weighted by Gasteiger charge is 2.38. The summed E-state index contributed by atoms with van der Waals surface area (Å²) in [4.78, 5) is 0. The summed E-state index contributed by atoms with van der Waals surface area (Å²) >= 11 is 1.64. The molecule has 0 aliphatic rings. The molecule has 0 radical (unpaired) electrons. The van der Waals surface area contributed by atoms with Gasteiger partial charge in [0.2, 0.25) is 0 Å². The van der Waals surface area contributed by atoms with Crippen LogP contribution in [0.5, 0.6) is 0 Å². The number of hydrogen-bond donors (Lipinski definition) is 1. The zero-order valence-corrected chi connectivity index (χ0v) is 12.5. The normalized spacial score (nSPS) is 14.8. The average Bonchev–Trinajstić information content (AvgIpc) is 2.68. The first-order chi connectivity index (χ1) is 7.79. The lowest BCUT2D eigenvalue weighted by molar-refractivity contribution is 0.414. The zero-order valence-electron chi connectivity index (χ0n) is 10.9. The van der Waals surface area contributed by atoms with Gasteiger partial charge in [0.05, 0.1) is 4.75 Å². The summed E-state index contributed by atoms with van der Waals surface area (Å²) in [5, 5.41) is 7.38. The van der Waals surface area contributed by atoms with E-state index in [-0.39, 0.29) is 6.04 Å². The third-order valence-electron chi connectivity index (χ3n) is 3.27. The van der Waals surface area contributed by atoms with Crippen LogP contribution >= 0.6 is 11.3 Å². The van der Waals surface area contributed by atoms with E-state index in [4.69, 9.17) is 0 Å². The van der Waals surface area contributed by atoms with Crippen LogP contribution in [0.15, 0.2) is 16.8 Å². The van der Waals surface area contributed by atoms with Crippen LogP contribution in [0.3, 0.4) is 0 Å².